The molecule has 204 valence electrons. The van der Waals surface area contributed by atoms with E-state index < -0.39 is 17.8 Å². The van der Waals surface area contributed by atoms with Gasteiger partial charge in [0.2, 0.25) is 11.8 Å². The van der Waals surface area contributed by atoms with E-state index in [9.17, 15) is 23.9 Å². The normalized spacial score (nSPS) is 12.2. The second-order valence-corrected chi connectivity index (χ2v) is 8.96. The minimum Gasteiger partial charge on any atom is -0.464 e. The first-order chi connectivity index (χ1) is 18.4. The standard InChI is InChI=1S/C30H37FN2O5/c1-3-8-25(21-28(35)33(17-18-34)22-24-10-6-5-7-11-24)29(36)32-16-19-38-30(37)26(9-4-2)20-23-12-14-27(31)15-13-23/h3-7,10-15,25-26,34H,1-2,8-9,16-22H2,(H,32,36)/t25-,26-/m0/s1. The van der Waals surface area contributed by atoms with Crippen LogP contribution in [0.4, 0.5) is 4.39 Å². The van der Waals surface area contributed by atoms with Gasteiger partial charge in [0.25, 0.3) is 0 Å². The van der Waals surface area contributed by atoms with Crippen molar-refractivity contribution >= 4 is 17.8 Å². The third-order valence-corrected chi connectivity index (χ3v) is 6.01. The predicted octanol–water partition coefficient (Wildman–Crippen LogP) is 3.82. The number of esters is 1. The van der Waals surface area contributed by atoms with Crippen LogP contribution in [0, 0.1) is 17.7 Å². The van der Waals surface area contributed by atoms with E-state index in [4.69, 9.17) is 4.74 Å². The molecule has 0 heterocycles. The molecule has 0 aliphatic rings. The van der Waals surface area contributed by atoms with Gasteiger partial charge in [-0.15, -0.1) is 13.2 Å². The summed E-state index contributed by atoms with van der Waals surface area (Å²) < 4.78 is 18.5. The molecular formula is C30H37FN2O5. The number of nitrogens with zero attached hydrogens (tertiary/aromatic N) is 1. The van der Waals surface area contributed by atoms with E-state index in [1.54, 1.807) is 24.3 Å². The number of hydrogen-bond donors (Lipinski definition) is 2. The number of allylic oxidation sites excluding steroid dienone is 2. The van der Waals surface area contributed by atoms with Gasteiger partial charge in [-0.3, -0.25) is 14.4 Å². The average Bonchev–Trinajstić information content (AvgIpc) is 2.91. The van der Waals surface area contributed by atoms with E-state index in [1.807, 2.05) is 30.3 Å². The molecule has 0 radical (unpaired) electrons. The fraction of sp³-hybridized carbons (Fsp3) is 0.367. The molecule has 0 aromatic heterocycles. The Bertz CT molecular complexity index is 1040. The lowest BCUT2D eigenvalue weighted by atomic mass is 9.96. The van der Waals surface area contributed by atoms with Gasteiger partial charge in [-0.05, 0) is 42.5 Å². The van der Waals surface area contributed by atoms with Crippen LogP contribution in [0.5, 0.6) is 0 Å². The molecule has 2 aromatic rings. The molecule has 0 bridgehead atoms. The van der Waals surface area contributed by atoms with Gasteiger partial charge in [0, 0.05) is 19.5 Å². The summed E-state index contributed by atoms with van der Waals surface area (Å²) in [6.45, 7) is 7.76. The Morgan fingerprint density at radius 3 is 2.26 bits per heavy atom. The van der Waals surface area contributed by atoms with Crippen molar-refractivity contribution in [3.05, 3.63) is 96.9 Å². The van der Waals surface area contributed by atoms with Crippen LogP contribution in [0.15, 0.2) is 79.9 Å². The molecule has 8 heteroatoms. The Morgan fingerprint density at radius 2 is 1.63 bits per heavy atom. The lowest BCUT2D eigenvalue weighted by Gasteiger charge is -2.24. The van der Waals surface area contributed by atoms with Crippen LogP contribution < -0.4 is 5.32 Å². The summed E-state index contributed by atoms with van der Waals surface area (Å²) in [6, 6.07) is 15.4. The van der Waals surface area contributed by atoms with Crippen molar-refractivity contribution in [3.63, 3.8) is 0 Å². The van der Waals surface area contributed by atoms with Gasteiger partial charge in [-0.2, -0.15) is 0 Å². The Labute approximate surface area is 224 Å². The molecule has 0 fully saturated rings. The SMILES string of the molecule is C=CC[C@@H](CC(=O)N(CCO)Cc1ccccc1)C(=O)NCCOC(=O)[C@@H](CC=C)Cc1ccc(F)cc1. The van der Waals surface area contributed by atoms with Crippen LogP contribution in [0.25, 0.3) is 0 Å². The summed E-state index contributed by atoms with van der Waals surface area (Å²) in [7, 11) is 0. The van der Waals surface area contributed by atoms with Crippen molar-refractivity contribution in [2.24, 2.45) is 11.8 Å². The number of amides is 2. The molecule has 2 atom stereocenters. The Morgan fingerprint density at radius 1 is 0.974 bits per heavy atom. The van der Waals surface area contributed by atoms with E-state index >= 15 is 0 Å². The van der Waals surface area contributed by atoms with E-state index in [0.717, 1.165) is 11.1 Å². The van der Waals surface area contributed by atoms with Crippen molar-refractivity contribution < 1.29 is 28.6 Å². The summed E-state index contributed by atoms with van der Waals surface area (Å²) in [5.74, 6) is -2.47. The first kappa shape index (κ1) is 30.4. The van der Waals surface area contributed by atoms with E-state index in [-0.39, 0.29) is 50.4 Å². The second kappa shape index (κ2) is 16.9. The lowest BCUT2D eigenvalue weighted by Crippen LogP contribution is -2.39. The number of rotatable bonds is 17. The van der Waals surface area contributed by atoms with Crippen LogP contribution in [-0.2, 0) is 32.1 Å². The molecule has 0 saturated carbocycles. The summed E-state index contributed by atoms with van der Waals surface area (Å²) >= 11 is 0. The fourth-order valence-corrected chi connectivity index (χ4v) is 4.00. The van der Waals surface area contributed by atoms with Crippen LogP contribution in [0.2, 0.25) is 0 Å². The third-order valence-electron chi connectivity index (χ3n) is 6.01. The van der Waals surface area contributed by atoms with Crippen molar-refractivity contribution in [2.45, 2.75) is 32.2 Å². The van der Waals surface area contributed by atoms with Crippen LogP contribution in [-0.4, -0.2) is 54.1 Å². The minimum atomic E-state index is -0.639. The second-order valence-electron chi connectivity index (χ2n) is 8.96. The van der Waals surface area contributed by atoms with Gasteiger partial charge in [-0.1, -0.05) is 54.6 Å². The fourth-order valence-electron chi connectivity index (χ4n) is 4.00. The molecule has 2 amide bonds. The van der Waals surface area contributed by atoms with Crippen molar-refractivity contribution in [1.82, 2.24) is 10.2 Å². The zero-order chi connectivity index (χ0) is 27.8. The summed E-state index contributed by atoms with van der Waals surface area (Å²) in [5, 5.41) is 12.1. The molecule has 0 spiro atoms. The van der Waals surface area contributed by atoms with Crippen LogP contribution in [0.3, 0.4) is 0 Å². The number of aliphatic hydroxyl groups is 1. The van der Waals surface area contributed by atoms with Gasteiger partial charge in [-0.25, -0.2) is 4.39 Å². The van der Waals surface area contributed by atoms with Crippen molar-refractivity contribution in [1.29, 1.82) is 0 Å². The molecule has 0 aliphatic carbocycles. The number of nitrogens with one attached hydrogen (secondary N) is 1. The highest BCUT2D eigenvalue weighted by Crippen LogP contribution is 2.16. The Hall–Kier alpha value is -3.78. The quantitative estimate of drug-likeness (QED) is 0.186. The molecule has 38 heavy (non-hydrogen) atoms. The highest BCUT2D eigenvalue weighted by Gasteiger charge is 2.24. The van der Waals surface area contributed by atoms with Crippen molar-refractivity contribution in [2.75, 3.05) is 26.3 Å². The third kappa shape index (κ3) is 10.7. The molecule has 2 aromatic carbocycles. The van der Waals surface area contributed by atoms with Gasteiger partial charge < -0.3 is 20.1 Å². The smallest absolute Gasteiger partial charge is 0.309 e. The number of aliphatic hydroxyl groups excluding tert-OH is 1. The lowest BCUT2D eigenvalue weighted by molar-refractivity contribution is -0.148. The molecule has 0 saturated heterocycles. The number of ether oxygens (including phenoxy) is 1. The number of hydrogen-bond acceptors (Lipinski definition) is 5. The van der Waals surface area contributed by atoms with Gasteiger partial charge in [0.15, 0.2) is 0 Å². The molecule has 2 rings (SSSR count). The Balaban J connectivity index is 1.86. The first-order valence-corrected chi connectivity index (χ1v) is 12.7. The Kier molecular flexibility index (Phi) is 13.5. The predicted molar refractivity (Wildman–Crippen MR) is 144 cm³/mol. The summed E-state index contributed by atoms with van der Waals surface area (Å²) in [5.41, 5.74) is 1.73. The zero-order valence-electron chi connectivity index (χ0n) is 21.7. The van der Waals surface area contributed by atoms with Crippen LogP contribution >= 0.6 is 0 Å². The number of carbonyl (C=O) groups excluding carboxylic acids is 3. The summed E-state index contributed by atoms with van der Waals surface area (Å²) in [4.78, 5) is 39.9. The van der Waals surface area contributed by atoms with E-state index in [1.165, 1.54) is 17.0 Å². The molecular weight excluding hydrogens is 487 g/mol. The highest BCUT2D eigenvalue weighted by atomic mass is 19.1. The van der Waals surface area contributed by atoms with E-state index in [2.05, 4.69) is 18.5 Å². The number of carbonyl (C=O) groups is 3. The first-order valence-electron chi connectivity index (χ1n) is 12.7. The zero-order valence-corrected chi connectivity index (χ0v) is 21.7. The largest absolute Gasteiger partial charge is 0.464 e. The number of halogens is 1. The maximum atomic E-state index is 13.2. The monoisotopic (exact) mass is 524 g/mol. The topological polar surface area (TPSA) is 95.9 Å². The maximum Gasteiger partial charge on any atom is 0.309 e. The minimum absolute atomic E-state index is 0.0268. The summed E-state index contributed by atoms with van der Waals surface area (Å²) in [6.07, 6.45) is 4.26. The highest BCUT2D eigenvalue weighted by molar-refractivity contribution is 5.86. The molecule has 2 N–H and O–H groups in total. The van der Waals surface area contributed by atoms with E-state index in [0.29, 0.717) is 25.8 Å². The maximum absolute atomic E-state index is 13.2. The van der Waals surface area contributed by atoms with Gasteiger partial charge in [0.1, 0.15) is 12.4 Å². The molecule has 0 unspecified atom stereocenters. The van der Waals surface area contributed by atoms with Crippen molar-refractivity contribution in [3.8, 4) is 0 Å². The van der Waals surface area contributed by atoms with Gasteiger partial charge >= 0.3 is 5.97 Å². The van der Waals surface area contributed by atoms with Crippen LogP contribution in [0.1, 0.15) is 30.4 Å². The number of benzene rings is 2. The average molecular weight is 525 g/mol. The molecule has 0 aliphatic heterocycles. The van der Waals surface area contributed by atoms with Gasteiger partial charge in [0.05, 0.1) is 25.0 Å². The molecule has 7 nitrogen and oxygen atoms in total.